The summed E-state index contributed by atoms with van der Waals surface area (Å²) in [5.41, 5.74) is 2.42. The smallest absolute Gasteiger partial charge is 0.295 e. The minimum absolute atomic E-state index is 0.0728. The van der Waals surface area contributed by atoms with E-state index in [-0.39, 0.29) is 24.0 Å². The molecule has 0 spiro atoms. The van der Waals surface area contributed by atoms with Gasteiger partial charge in [-0.3, -0.25) is 14.6 Å². The Morgan fingerprint density at radius 2 is 2.13 bits per heavy atom. The maximum absolute atomic E-state index is 13.1. The van der Waals surface area contributed by atoms with Crippen LogP contribution >= 0.6 is 11.3 Å². The summed E-state index contributed by atoms with van der Waals surface area (Å²) in [7, 11) is 0. The van der Waals surface area contributed by atoms with Crippen LogP contribution in [0.2, 0.25) is 0 Å². The summed E-state index contributed by atoms with van der Waals surface area (Å²) in [6.45, 7) is 2.22. The van der Waals surface area contributed by atoms with E-state index in [2.05, 4.69) is 4.98 Å². The first-order valence-corrected chi connectivity index (χ1v) is 10.9. The number of nitrogens with zero attached hydrogens (tertiary/aromatic N) is 2. The molecular formula is C24H20N2O4S. The second-order valence-electron chi connectivity index (χ2n) is 7.76. The molecule has 1 amide bonds. The van der Waals surface area contributed by atoms with Crippen LogP contribution in [0.1, 0.15) is 34.5 Å². The second-order valence-corrected chi connectivity index (χ2v) is 8.74. The van der Waals surface area contributed by atoms with Gasteiger partial charge in [0.25, 0.3) is 11.7 Å². The molecule has 1 N–H and O–H groups in total. The summed E-state index contributed by atoms with van der Waals surface area (Å²) < 4.78 is 5.74. The van der Waals surface area contributed by atoms with Gasteiger partial charge in [0, 0.05) is 35.8 Å². The largest absolute Gasteiger partial charge is 0.507 e. The third-order valence-electron chi connectivity index (χ3n) is 5.60. The molecule has 2 aromatic heterocycles. The molecule has 2 atom stereocenters. The van der Waals surface area contributed by atoms with E-state index in [1.807, 2.05) is 36.6 Å². The minimum atomic E-state index is -0.676. The fraction of sp³-hybridized carbons (Fsp3) is 0.208. The number of ketones is 1. The maximum Gasteiger partial charge on any atom is 0.295 e. The first kappa shape index (κ1) is 19.5. The molecule has 0 unspecified atom stereocenters. The van der Waals surface area contributed by atoms with Crippen molar-refractivity contribution in [3.05, 3.63) is 87.4 Å². The van der Waals surface area contributed by atoms with Gasteiger partial charge in [0.2, 0.25) is 0 Å². The number of aliphatic hydroxyl groups excluding tert-OH is 1. The standard InChI is InChI=1S/C24H20N2O4S/c1-14-10-17-11-16(6-7-18(17)30-14)22(27)20-21(19-5-3-9-31-19)26(24(29)23(20)28)13-15-4-2-8-25-12-15/h2-9,11-12,14,21,27H,10,13H2,1H3/t14-,21-/m1/s1. The summed E-state index contributed by atoms with van der Waals surface area (Å²) >= 11 is 1.45. The van der Waals surface area contributed by atoms with Crippen LogP contribution in [0.5, 0.6) is 5.75 Å². The number of ether oxygens (including phenoxy) is 1. The van der Waals surface area contributed by atoms with Crippen molar-refractivity contribution in [2.24, 2.45) is 0 Å². The Labute approximate surface area is 183 Å². The lowest BCUT2D eigenvalue weighted by Crippen LogP contribution is -2.28. The van der Waals surface area contributed by atoms with Gasteiger partial charge in [0.15, 0.2) is 0 Å². The van der Waals surface area contributed by atoms with Crippen molar-refractivity contribution in [2.75, 3.05) is 0 Å². The first-order valence-electron chi connectivity index (χ1n) is 10.0. The molecule has 4 heterocycles. The third-order valence-corrected chi connectivity index (χ3v) is 6.52. The number of pyridine rings is 1. The zero-order valence-corrected chi connectivity index (χ0v) is 17.6. The highest BCUT2D eigenvalue weighted by Gasteiger charge is 2.46. The van der Waals surface area contributed by atoms with Gasteiger partial charge in [0.05, 0.1) is 11.6 Å². The summed E-state index contributed by atoms with van der Waals surface area (Å²) in [6, 6.07) is 12.1. The predicted octanol–water partition coefficient (Wildman–Crippen LogP) is 4.09. The number of Topliss-reactive ketones (excluding diaryl/α,β-unsaturated/α-hetero) is 1. The van der Waals surface area contributed by atoms with Gasteiger partial charge in [-0.1, -0.05) is 12.1 Å². The highest BCUT2D eigenvalue weighted by Crippen LogP contribution is 2.42. The Morgan fingerprint density at radius 3 is 2.87 bits per heavy atom. The number of hydrogen-bond donors (Lipinski definition) is 1. The van der Waals surface area contributed by atoms with Crippen LogP contribution in [0.15, 0.2) is 65.8 Å². The number of aromatic nitrogens is 1. The normalized spacial score (nSPS) is 21.9. The van der Waals surface area contributed by atoms with Crippen molar-refractivity contribution in [1.29, 1.82) is 0 Å². The molecule has 0 saturated carbocycles. The number of amides is 1. The predicted molar refractivity (Wildman–Crippen MR) is 117 cm³/mol. The molecule has 6 nitrogen and oxygen atoms in total. The van der Waals surface area contributed by atoms with Gasteiger partial charge in [-0.25, -0.2) is 0 Å². The Bertz CT molecular complexity index is 1190. The van der Waals surface area contributed by atoms with E-state index >= 15 is 0 Å². The van der Waals surface area contributed by atoms with Crippen LogP contribution < -0.4 is 4.74 Å². The third kappa shape index (κ3) is 3.41. The Hall–Kier alpha value is -3.45. The zero-order valence-electron chi connectivity index (χ0n) is 16.8. The fourth-order valence-corrected chi connectivity index (χ4v) is 5.04. The van der Waals surface area contributed by atoms with Crippen LogP contribution in [0.4, 0.5) is 0 Å². The number of fused-ring (bicyclic) bond motifs is 1. The number of aliphatic hydroxyl groups is 1. The lowest BCUT2D eigenvalue weighted by atomic mass is 9.98. The second kappa shape index (κ2) is 7.67. The van der Waals surface area contributed by atoms with Crippen LogP contribution in [-0.2, 0) is 22.6 Å². The van der Waals surface area contributed by atoms with E-state index in [1.165, 1.54) is 16.2 Å². The van der Waals surface area contributed by atoms with E-state index in [9.17, 15) is 14.7 Å². The summed E-state index contributed by atoms with van der Waals surface area (Å²) in [4.78, 5) is 32.5. The Morgan fingerprint density at radius 1 is 1.26 bits per heavy atom. The number of thiophene rings is 1. The van der Waals surface area contributed by atoms with Gasteiger partial charge in [-0.15, -0.1) is 11.3 Å². The topological polar surface area (TPSA) is 79.7 Å². The molecule has 5 rings (SSSR count). The van der Waals surface area contributed by atoms with Gasteiger partial charge in [0.1, 0.15) is 17.6 Å². The van der Waals surface area contributed by atoms with Gasteiger partial charge in [-0.2, -0.15) is 0 Å². The molecule has 1 fully saturated rings. The van der Waals surface area contributed by atoms with Crippen LogP contribution in [0.25, 0.3) is 5.76 Å². The number of likely N-dealkylation sites (tertiary alicyclic amines) is 1. The van der Waals surface area contributed by atoms with Crippen molar-refractivity contribution in [3.63, 3.8) is 0 Å². The number of carbonyl (C=O) groups is 2. The molecule has 31 heavy (non-hydrogen) atoms. The van der Waals surface area contributed by atoms with Crippen molar-refractivity contribution in [3.8, 4) is 5.75 Å². The SMILES string of the molecule is C[C@@H]1Cc2cc(C(O)=C3C(=O)C(=O)N(Cc4cccnc4)[C@@H]3c3cccs3)ccc2O1. The molecule has 0 radical (unpaired) electrons. The summed E-state index contributed by atoms with van der Waals surface area (Å²) in [5.74, 6) is -0.671. The van der Waals surface area contributed by atoms with Gasteiger partial charge < -0.3 is 14.7 Å². The fourth-order valence-electron chi connectivity index (χ4n) is 4.20. The van der Waals surface area contributed by atoms with Crippen LogP contribution in [0, 0.1) is 0 Å². The summed E-state index contributed by atoms with van der Waals surface area (Å²) in [5, 5.41) is 13.1. The molecule has 2 aliphatic rings. The lowest BCUT2D eigenvalue weighted by molar-refractivity contribution is -0.140. The van der Waals surface area contributed by atoms with Gasteiger partial charge in [-0.05, 0) is 53.8 Å². The number of benzene rings is 1. The first-order chi connectivity index (χ1) is 15.0. The highest BCUT2D eigenvalue weighted by atomic mass is 32.1. The quantitative estimate of drug-likeness (QED) is 0.382. The molecule has 2 aliphatic heterocycles. The molecule has 0 aliphatic carbocycles. The van der Waals surface area contributed by atoms with E-state index in [0.717, 1.165) is 28.2 Å². The van der Waals surface area contributed by atoms with Crippen molar-refractivity contribution in [1.82, 2.24) is 9.88 Å². The van der Waals surface area contributed by atoms with E-state index in [0.29, 0.717) is 5.56 Å². The van der Waals surface area contributed by atoms with E-state index in [4.69, 9.17) is 4.74 Å². The number of hydrogen-bond acceptors (Lipinski definition) is 6. The molecular weight excluding hydrogens is 412 g/mol. The molecule has 1 saturated heterocycles. The average Bonchev–Trinajstić information content (AvgIpc) is 3.48. The molecule has 1 aromatic carbocycles. The van der Waals surface area contributed by atoms with E-state index in [1.54, 1.807) is 30.6 Å². The highest BCUT2D eigenvalue weighted by molar-refractivity contribution is 7.10. The molecule has 7 heteroatoms. The average molecular weight is 433 g/mol. The number of carbonyl (C=O) groups excluding carboxylic acids is 2. The van der Waals surface area contributed by atoms with E-state index < -0.39 is 17.7 Å². The van der Waals surface area contributed by atoms with Crippen molar-refractivity contribution < 1.29 is 19.4 Å². The zero-order chi connectivity index (χ0) is 21.5. The minimum Gasteiger partial charge on any atom is -0.507 e. The molecule has 156 valence electrons. The van der Waals surface area contributed by atoms with Gasteiger partial charge >= 0.3 is 0 Å². The van der Waals surface area contributed by atoms with Crippen LogP contribution in [0.3, 0.4) is 0 Å². The number of rotatable bonds is 4. The Balaban J connectivity index is 1.60. The molecule has 0 bridgehead atoms. The Kier molecular flexibility index (Phi) is 4.82. The van der Waals surface area contributed by atoms with Crippen LogP contribution in [-0.4, -0.2) is 32.8 Å². The molecule has 3 aromatic rings. The van der Waals surface area contributed by atoms with Crippen molar-refractivity contribution in [2.45, 2.75) is 32.0 Å². The summed E-state index contributed by atoms with van der Waals surface area (Å²) in [6.07, 6.45) is 4.14. The monoisotopic (exact) mass is 432 g/mol. The maximum atomic E-state index is 13.1. The lowest BCUT2D eigenvalue weighted by Gasteiger charge is -2.24. The van der Waals surface area contributed by atoms with Crippen molar-refractivity contribution >= 4 is 28.8 Å².